The molecular formula is C38H56N4O2. The molecule has 0 saturated heterocycles. The van der Waals surface area contributed by atoms with Crippen LogP contribution < -0.4 is 21.3 Å². The molecule has 6 heteroatoms. The van der Waals surface area contributed by atoms with Crippen molar-refractivity contribution in [2.24, 2.45) is 11.8 Å². The molecule has 0 bridgehead atoms. The minimum absolute atomic E-state index is 0.203. The van der Waals surface area contributed by atoms with Gasteiger partial charge in [-0.25, -0.2) is 0 Å². The van der Waals surface area contributed by atoms with Crippen molar-refractivity contribution in [2.45, 2.75) is 114 Å². The zero-order chi connectivity index (χ0) is 30.4. The molecule has 4 aliphatic rings. The molecule has 4 N–H and O–H groups in total. The van der Waals surface area contributed by atoms with Gasteiger partial charge in [0, 0.05) is 37.0 Å². The number of benzene rings is 2. The van der Waals surface area contributed by atoms with Gasteiger partial charge in [-0.15, -0.1) is 0 Å². The summed E-state index contributed by atoms with van der Waals surface area (Å²) in [4.78, 5) is 24.2. The van der Waals surface area contributed by atoms with Crippen LogP contribution in [0.3, 0.4) is 0 Å². The summed E-state index contributed by atoms with van der Waals surface area (Å²) in [5.74, 6) is 1.78. The lowest BCUT2D eigenvalue weighted by molar-refractivity contribution is -0.123. The summed E-state index contributed by atoms with van der Waals surface area (Å²) in [7, 11) is 0. The number of amides is 2. The molecule has 2 amide bonds. The van der Waals surface area contributed by atoms with Gasteiger partial charge in [0.05, 0.1) is 0 Å². The van der Waals surface area contributed by atoms with Gasteiger partial charge >= 0.3 is 0 Å². The summed E-state index contributed by atoms with van der Waals surface area (Å²) in [6, 6.07) is 22.2. The zero-order valence-corrected chi connectivity index (χ0v) is 26.8. The minimum atomic E-state index is 0.203. The van der Waals surface area contributed by atoms with Gasteiger partial charge in [0.2, 0.25) is 11.8 Å². The molecule has 6 rings (SSSR count). The lowest BCUT2D eigenvalue weighted by atomic mass is 9.95. The zero-order valence-electron chi connectivity index (χ0n) is 26.8. The molecule has 0 aromatic heterocycles. The van der Waals surface area contributed by atoms with Crippen LogP contribution in [0, 0.1) is 11.8 Å². The topological polar surface area (TPSA) is 82.3 Å². The Balaban J connectivity index is 0.000000175. The van der Waals surface area contributed by atoms with E-state index in [4.69, 9.17) is 0 Å². The second-order valence-corrected chi connectivity index (χ2v) is 13.6. The standard InChI is InChI=1S/2C19H28N2O/c2*22-19(18-14-17(18)15-8-3-1-4-9-15)21-13-7-12-20-16-10-5-2-6-11-16/h2*1,3-4,8-9,16-18,20H,2,5-7,10-14H2,(H,21,22)/t2*17-,18+/m00/s1. The van der Waals surface area contributed by atoms with Crippen LogP contribution >= 0.6 is 0 Å². The maximum absolute atomic E-state index is 12.1. The molecule has 4 saturated carbocycles. The highest BCUT2D eigenvalue weighted by Gasteiger charge is 2.44. The van der Waals surface area contributed by atoms with Crippen molar-refractivity contribution < 1.29 is 9.59 Å². The van der Waals surface area contributed by atoms with E-state index in [0.29, 0.717) is 11.8 Å². The first-order valence-corrected chi connectivity index (χ1v) is 17.8. The van der Waals surface area contributed by atoms with E-state index in [9.17, 15) is 9.59 Å². The normalized spacial score (nSPS) is 24.9. The molecule has 240 valence electrons. The van der Waals surface area contributed by atoms with Crippen molar-refractivity contribution in [3.63, 3.8) is 0 Å². The van der Waals surface area contributed by atoms with Crippen LogP contribution in [-0.2, 0) is 9.59 Å². The van der Waals surface area contributed by atoms with Gasteiger partial charge in [0.25, 0.3) is 0 Å². The Labute approximate surface area is 265 Å². The van der Waals surface area contributed by atoms with Crippen LogP contribution in [0.4, 0.5) is 0 Å². The number of carbonyl (C=O) groups is 2. The van der Waals surface area contributed by atoms with Gasteiger partial charge in [-0.05, 0) is 87.4 Å². The minimum Gasteiger partial charge on any atom is -0.356 e. The molecule has 4 fully saturated rings. The predicted molar refractivity (Wildman–Crippen MR) is 180 cm³/mol. The summed E-state index contributed by atoms with van der Waals surface area (Å²) >= 11 is 0. The number of hydrogen-bond acceptors (Lipinski definition) is 4. The van der Waals surface area contributed by atoms with Crippen molar-refractivity contribution in [1.29, 1.82) is 0 Å². The third-order valence-corrected chi connectivity index (χ3v) is 10.1. The third-order valence-electron chi connectivity index (χ3n) is 10.1. The van der Waals surface area contributed by atoms with E-state index >= 15 is 0 Å². The molecule has 0 radical (unpaired) electrons. The fraction of sp³-hybridized carbons (Fsp3) is 0.632. The van der Waals surface area contributed by atoms with Gasteiger partial charge in [-0.1, -0.05) is 99.2 Å². The maximum Gasteiger partial charge on any atom is 0.223 e. The van der Waals surface area contributed by atoms with Crippen molar-refractivity contribution in [3.8, 4) is 0 Å². The van der Waals surface area contributed by atoms with Crippen molar-refractivity contribution in [2.75, 3.05) is 26.2 Å². The second-order valence-electron chi connectivity index (χ2n) is 13.6. The van der Waals surface area contributed by atoms with Gasteiger partial charge in [-0.3, -0.25) is 9.59 Å². The summed E-state index contributed by atoms with van der Waals surface area (Å²) < 4.78 is 0. The highest BCUT2D eigenvalue weighted by molar-refractivity contribution is 5.83. The highest BCUT2D eigenvalue weighted by atomic mass is 16.2. The lowest BCUT2D eigenvalue weighted by Crippen LogP contribution is -2.34. The number of rotatable bonds is 14. The van der Waals surface area contributed by atoms with Crippen LogP contribution in [0.1, 0.15) is 113 Å². The van der Waals surface area contributed by atoms with Crippen LogP contribution in [0.25, 0.3) is 0 Å². The molecule has 2 aromatic rings. The SMILES string of the molecule is O=C(NCCCNC1CCCCC1)[C@@H]1C[C@H]1c1ccccc1.O=C(NCCCNC1CCCCC1)[C@@H]1C[C@H]1c1ccccc1. The van der Waals surface area contributed by atoms with Crippen molar-refractivity contribution >= 4 is 11.8 Å². The Morgan fingerprint density at radius 3 is 1.30 bits per heavy atom. The Kier molecular flexibility index (Phi) is 13.1. The Bertz CT molecular complexity index is 1020. The van der Waals surface area contributed by atoms with E-state index in [1.165, 1.54) is 75.3 Å². The van der Waals surface area contributed by atoms with Crippen LogP contribution in [0.15, 0.2) is 60.7 Å². The summed E-state index contributed by atoms with van der Waals surface area (Å²) in [5.41, 5.74) is 2.61. The first-order valence-electron chi connectivity index (χ1n) is 17.8. The van der Waals surface area contributed by atoms with E-state index in [2.05, 4.69) is 69.8 Å². The monoisotopic (exact) mass is 600 g/mol. The number of nitrogens with one attached hydrogen (secondary N) is 4. The van der Waals surface area contributed by atoms with Gasteiger partial charge in [0.15, 0.2) is 0 Å². The van der Waals surface area contributed by atoms with E-state index in [1.54, 1.807) is 0 Å². The molecule has 44 heavy (non-hydrogen) atoms. The summed E-state index contributed by atoms with van der Waals surface area (Å²) in [5, 5.41) is 13.5. The average Bonchev–Trinajstić information content (AvgIpc) is 4.01. The molecule has 2 aromatic carbocycles. The smallest absolute Gasteiger partial charge is 0.223 e. The molecule has 0 spiro atoms. The predicted octanol–water partition coefficient (Wildman–Crippen LogP) is 6.44. The Morgan fingerprint density at radius 1 is 0.523 bits per heavy atom. The molecular weight excluding hydrogens is 544 g/mol. The van der Waals surface area contributed by atoms with Crippen molar-refractivity contribution in [1.82, 2.24) is 21.3 Å². The van der Waals surface area contributed by atoms with Crippen LogP contribution in [-0.4, -0.2) is 50.1 Å². The highest BCUT2D eigenvalue weighted by Crippen LogP contribution is 2.48. The number of hydrogen-bond donors (Lipinski definition) is 4. The first-order chi connectivity index (χ1) is 21.7. The fourth-order valence-corrected chi connectivity index (χ4v) is 7.19. The molecule has 0 unspecified atom stereocenters. The van der Waals surface area contributed by atoms with E-state index in [1.807, 2.05) is 12.1 Å². The molecule has 6 nitrogen and oxygen atoms in total. The van der Waals surface area contributed by atoms with Gasteiger partial charge in [0.1, 0.15) is 0 Å². The van der Waals surface area contributed by atoms with E-state index in [0.717, 1.165) is 63.9 Å². The molecule has 0 aliphatic heterocycles. The Hall–Kier alpha value is -2.70. The van der Waals surface area contributed by atoms with Crippen molar-refractivity contribution in [3.05, 3.63) is 71.8 Å². The average molecular weight is 601 g/mol. The molecule has 4 aliphatic carbocycles. The second kappa shape index (κ2) is 17.7. The fourth-order valence-electron chi connectivity index (χ4n) is 7.19. The molecule has 0 heterocycles. The summed E-state index contributed by atoms with van der Waals surface area (Å²) in [6.45, 7) is 3.66. The van der Waals surface area contributed by atoms with Gasteiger partial charge < -0.3 is 21.3 Å². The van der Waals surface area contributed by atoms with Crippen LogP contribution in [0.2, 0.25) is 0 Å². The quantitative estimate of drug-likeness (QED) is 0.188. The van der Waals surface area contributed by atoms with E-state index < -0.39 is 0 Å². The molecule has 4 atom stereocenters. The van der Waals surface area contributed by atoms with Gasteiger partial charge in [-0.2, -0.15) is 0 Å². The van der Waals surface area contributed by atoms with Crippen LogP contribution in [0.5, 0.6) is 0 Å². The number of carbonyl (C=O) groups excluding carboxylic acids is 2. The third kappa shape index (κ3) is 10.7. The first kappa shape index (κ1) is 32.7. The largest absolute Gasteiger partial charge is 0.356 e. The maximum atomic E-state index is 12.1. The van der Waals surface area contributed by atoms with E-state index in [-0.39, 0.29) is 23.7 Å². The summed E-state index contributed by atoms with van der Waals surface area (Å²) in [6.07, 6.45) is 17.7. The Morgan fingerprint density at radius 2 is 0.909 bits per heavy atom. The lowest BCUT2D eigenvalue weighted by Gasteiger charge is -2.22.